The average molecular weight is 659 g/mol. The molecular weight excluding hydrogens is 609 g/mol. The van der Waals surface area contributed by atoms with E-state index < -0.39 is 0 Å². The van der Waals surface area contributed by atoms with Crippen LogP contribution in [0.1, 0.15) is 86.5 Å². The lowest BCUT2D eigenvalue weighted by Gasteiger charge is -2.13. The van der Waals surface area contributed by atoms with E-state index >= 15 is 0 Å². The molecule has 4 aromatic carbocycles. The van der Waals surface area contributed by atoms with Crippen molar-refractivity contribution in [2.24, 2.45) is 0 Å². The van der Waals surface area contributed by atoms with Crippen molar-refractivity contribution in [2.45, 2.75) is 105 Å². The summed E-state index contributed by atoms with van der Waals surface area (Å²) in [6, 6.07) is 22.3. The zero-order valence-electron chi connectivity index (χ0n) is 30.4. The molecule has 0 unspecified atom stereocenters. The van der Waals surface area contributed by atoms with Crippen molar-refractivity contribution in [3.8, 4) is 0 Å². The van der Waals surface area contributed by atoms with Gasteiger partial charge in [-0.15, -0.1) is 0 Å². The van der Waals surface area contributed by atoms with Crippen molar-refractivity contribution in [3.63, 3.8) is 0 Å². The van der Waals surface area contributed by atoms with Gasteiger partial charge in [-0.2, -0.15) is 0 Å². The van der Waals surface area contributed by atoms with Crippen LogP contribution in [0, 0.1) is 27.7 Å². The summed E-state index contributed by atoms with van der Waals surface area (Å²) in [5.41, 5.74) is 11.0. The third kappa shape index (κ3) is 5.54. The van der Waals surface area contributed by atoms with Gasteiger partial charge in [0.25, 0.3) is 0 Å². The van der Waals surface area contributed by atoms with Crippen LogP contribution >= 0.6 is 0 Å². The predicted molar refractivity (Wildman–Crippen MR) is 215 cm³/mol. The number of benzene rings is 4. The second kappa shape index (κ2) is 13.9. The Labute approximate surface area is 296 Å². The minimum atomic E-state index is 1.08. The molecule has 8 aromatic rings. The largest absolute Gasteiger partial charge is 0.340 e. The molecule has 0 atom stereocenters. The van der Waals surface area contributed by atoms with Crippen LogP contribution in [0.2, 0.25) is 0 Å². The van der Waals surface area contributed by atoms with Crippen LogP contribution in [0.5, 0.6) is 0 Å². The Morgan fingerprint density at radius 2 is 0.780 bits per heavy atom. The summed E-state index contributed by atoms with van der Waals surface area (Å²) in [6.45, 7) is 11.3. The van der Waals surface area contributed by atoms with Crippen molar-refractivity contribution in [1.82, 2.24) is 19.1 Å². The maximum absolute atomic E-state index is 4.47. The second-order valence-corrected chi connectivity index (χ2v) is 14.7. The first kappa shape index (κ1) is 32.5. The Hall–Kier alpha value is -4.70. The molecular formula is C46H50N4. The van der Waals surface area contributed by atoms with Crippen LogP contribution in [0.15, 0.2) is 85.5 Å². The quantitative estimate of drug-likeness (QED) is 0.116. The fourth-order valence-electron chi connectivity index (χ4n) is 9.13. The summed E-state index contributed by atoms with van der Waals surface area (Å²) in [5, 5.41) is 10.8. The van der Waals surface area contributed by atoms with Crippen LogP contribution in [0.4, 0.5) is 0 Å². The van der Waals surface area contributed by atoms with Gasteiger partial charge in [-0.3, -0.25) is 9.97 Å². The molecule has 0 aliphatic heterocycles. The number of rotatable bonds is 13. The summed E-state index contributed by atoms with van der Waals surface area (Å²) in [5.74, 6) is 0. The normalized spacial score (nSPS) is 12.2. The molecule has 0 fully saturated rings. The van der Waals surface area contributed by atoms with Gasteiger partial charge in [0, 0.05) is 81.2 Å². The molecule has 4 nitrogen and oxygen atoms in total. The molecule has 0 saturated heterocycles. The number of pyridine rings is 2. The molecule has 0 amide bonds. The van der Waals surface area contributed by atoms with Crippen LogP contribution in [-0.2, 0) is 13.1 Å². The minimum absolute atomic E-state index is 1.08. The van der Waals surface area contributed by atoms with Gasteiger partial charge in [0.1, 0.15) is 0 Å². The molecule has 0 saturated carbocycles. The van der Waals surface area contributed by atoms with Gasteiger partial charge >= 0.3 is 0 Å². The van der Waals surface area contributed by atoms with E-state index in [0.29, 0.717) is 0 Å². The molecule has 4 heteroatoms. The fourth-order valence-corrected chi connectivity index (χ4v) is 9.13. The van der Waals surface area contributed by atoms with E-state index in [1.54, 1.807) is 0 Å². The Kier molecular flexibility index (Phi) is 9.04. The number of unbranched alkanes of at least 4 members (excludes halogenated alkanes) is 9. The van der Waals surface area contributed by atoms with Gasteiger partial charge in [0.2, 0.25) is 0 Å². The molecule has 0 spiro atoms. The molecule has 50 heavy (non-hydrogen) atoms. The number of fused-ring (bicyclic) bond motifs is 8. The highest BCUT2D eigenvalue weighted by Gasteiger charge is 2.19. The van der Waals surface area contributed by atoms with Gasteiger partial charge in [0.15, 0.2) is 0 Å². The van der Waals surface area contributed by atoms with Crippen molar-refractivity contribution in [3.05, 3.63) is 108 Å². The van der Waals surface area contributed by atoms with Gasteiger partial charge in [-0.25, -0.2) is 0 Å². The second-order valence-electron chi connectivity index (χ2n) is 14.7. The summed E-state index contributed by atoms with van der Waals surface area (Å²) in [7, 11) is 0. The first-order valence-corrected chi connectivity index (χ1v) is 19.0. The molecule has 0 radical (unpaired) electrons. The average Bonchev–Trinajstić information content (AvgIpc) is 3.67. The summed E-state index contributed by atoms with van der Waals surface area (Å²) >= 11 is 0. The van der Waals surface area contributed by atoms with Crippen molar-refractivity contribution >= 4 is 65.2 Å². The van der Waals surface area contributed by atoms with Crippen molar-refractivity contribution in [2.75, 3.05) is 0 Å². The van der Waals surface area contributed by atoms with E-state index in [4.69, 9.17) is 0 Å². The third-order valence-corrected chi connectivity index (χ3v) is 11.7. The van der Waals surface area contributed by atoms with Crippen LogP contribution in [0.3, 0.4) is 0 Å². The highest BCUT2D eigenvalue weighted by molar-refractivity contribution is 6.18. The Morgan fingerprint density at radius 1 is 0.400 bits per heavy atom. The van der Waals surface area contributed by atoms with E-state index in [2.05, 4.69) is 107 Å². The van der Waals surface area contributed by atoms with E-state index in [1.165, 1.54) is 152 Å². The van der Waals surface area contributed by atoms with Crippen LogP contribution in [0.25, 0.3) is 65.2 Å². The molecule has 0 aliphatic rings. The number of nitrogens with zero attached hydrogens (tertiary/aromatic N) is 4. The van der Waals surface area contributed by atoms with Crippen molar-refractivity contribution < 1.29 is 0 Å². The van der Waals surface area contributed by atoms with Gasteiger partial charge < -0.3 is 9.13 Å². The zero-order valence-corrected chi connectivity index (χ0v) is 30.4. The van der Waals surface area contributed by atoms with E-state index in [0.717, 1.165) is 13.1 Å². The van der Waals surface area contributed by atoms with Crippen LogP contribution < -0.4 is 0 Å². The monoisotopic (exact) mass is 658 g/mol. The Balaban J connectivity index is 0.823. The Morgan fingerprint density at radius 3 is 1.20 bits per heavy atom. The maximum atomic E-state index is 4.47. The first-order chi connectivity index (χ1) is 24.6. The smallest absolute Gasteiger partial charge is 0.0530 e. The zero-order chi connectivity index (χ0) is 34.2. The Bertz CT molecular complexity index is 2320. The molecule has 4 heterocycles. The molecule has 0 aliphatic carbocycles. The van der Waals surface area contributed by atoms with E-state index in [1.807, 2.05) is 24.8 Å². The first-order valence-electron chi connectivity index (χ1n) is 19.0. The SMILES string of the molecule is Cc1c2ccncc2c(C)c2c1c1ccccc1n2CCCCCCCCCCCCn1c2ccccc2c2c(C)c3ccncc3c(C)c21. The third-order valence-electron chi connectivity index (χ3n) is 11.7. The lowest BCUT2D eigenvalue weighted by Crippen LogP contribution is -2.00. The number of aromatic nitrogens is 4. The maximum Gasteiger partial charge on any atom is 0.0530 e. The summed E-state index contributed by atoms with van der Waals surface area (Å²) in [4.78, 5) is 8.94. The number of para-hydroxylation sites is 2. The van der Waals surface area contributed by atoms with E-state index in [9.17, 15) is 0 Å². The van der Waals surface area contributed by atoms with E-state index in [-0.39, 0.29) is 0 Å². The lowest BCUT2D eigenvalue weighted by molar-refractivity contribution is 0.529. The highest BCUT2D eigenvalue weighted by atomic mass is 15.0. The standard InChI is InChI=1S/C46H50N4/c1-31-35-23-25-47-29-39(35)33(3)45-43(31)37-19-13-15-21-41(37)49(45)27-17-11-9-7-5-6-8-10-12-18-28-50-42-22-16-14-20-38(42)44-32(2)36-24-26-48-30-40(36)34(4)46(44)50/h13-16,19-26,29-30H,5-12,17-18,27-28H2,1-4H3. The fraction of sp³-hybridized carbons (Fsp3) is 0.348. The molecule has 0 N–H and O–H groups in total. The lowest BCUT2D eigenvalue weighted by atomic mass is 9.97. The molecule has 4 aromatic heterocycles. The topological polar surface area (TPSA) is 35.6 Å². The summed E-state index contributed by atoms with van der Waals surface area (Å²) in [6.07, 6.45) is 21.1. The number of hydrogen-bond acceptors (Lipinski definition) is 2. The molecule has 254 valence electrons. The number of aryl methyl sites for hydroxylation is 6. The predicted octanol–water partition coefficient (Wildman–Crippen LogP) is 12.8. The van der Waals surface area contributed by atoms with Gasteiger partial charge in [-0.05, 0) is 97.8 Å². The van der Waals surface area contributed by atoms with Gasteiger partial charge in [0.05, 0.1) is 11.0 Å². The molecule has 0 bridgehead atoms. The number of hydrogen-bond donors (Lipinski definition) is 0. The van der Waals surface area contributed by atoms with Crippen LogP contribution in [-0.4, -0.2) is 19.1 Å². The minimum Gasteiger partial charge on any atom is -0.340 e. The van der Waals surface area contributed by atoms with Crippen molar-refractivity contribution in [1.29, 1.82) is 0 Å². The highest BCUT2D eigenvalue weighted by Crippen LogP contribution is 2.40. The summed E-state index contributed by atoms with van der Waals surface area (Å²) < 4.78 is 5.20. The molecule has 8 rings (SSSR count). The van der Waals surface area contributed by atoms with Gasteiger partial charge in [-0.1, -0.05) is 87.8 Å².